The molecule has 0 aliphatic heterocycles. The summed E-state index contributed by atoms with van der Waals surface area (Å²) >= 11 is 6.42. The molecule has 112 valence electrons. The lowest BCUT2D eigenvalue weighted by Crippen LogP contribution is -2.36. The number of carbonyl (C=O) groups is 2. The minimum atomic E-state index is -0.636. The van der Waals surface area contributed by atoms with E-state index in [1.807, 2.05) is 29.0 Å². The molecule has 5 nitrogen and oxygen atoms in total. The van der Waals surface area contributed by atoms with Crippen molar-refractivity contribution in [2.45, 2.75) is 19.0 Å². The van der Waals surface area contributed by atoms with Gasteiger partial charge in [-0.25, -0.2) is 4.79 Å². The summed E-state index contributed by atoms with van der Waals surface area (Å²) < 4.78 is 1.00. The summed E-state index contributed by atoms with van der Waals surface area (Å²) in [4.78, 5) is 25.0. The van der Waals surface area contributed by atoms with Gasteiger partial charge in [0.2, 0.25) is 5.91 Å². The molecule has 0 saturated heterocycles. The van der Waals surface area contributed by atoms with Gasteiger partial charge in [0.25, 0.3) is 0 Å². The Morgan fingerprint density at radius 3 is 2.76 bits per heavy atom. The number of hydrogen-bond donors (Lipinski definition) is 3. The Hall–Kier alpha value is -1.38. The summed E-state index contributed by atoms with van der Waals surface area (Å²) in [6, 6.07) is 4.68. The van der Waals surface area contributed by atoms with E-state index in [0.717, 1.165) is 14.2 Å². The SMILES string of the molecule is NC(=O)NC(CC(=O)NCc1cc(Br)cs1)c1cccs1. The molecular weight excluding hydrogens is 374 g/mol. The molecule has 3 amide bonds. The zero-order valence-corrected chi connectivity index (χ0v) is 14.2. The molecule has 1 unspecified atom stereocenters. The molecule has 0 aliphatic carbocycles. The van der Waals surface area contributed by atoms with Crippen molar-refractivity contribution in [3.63, 3.8) is 0 Å². The predicted octanol–water partition coefficient (Wildman–Crippen LogP) is 2.99. The summed E-state index contributed by atoms with van der Waals surface area (Å²) in [7, 11) is 0. The molecule has 0 saturated carbocycles. The zero-order chi connectivity index (χ0) is 15.2. The molecule has 2 heterocycles. The largest absolute Gasteiger partial charge is 0.352 e. The minimum absolute atomic E-state index is 0.133. The maximum Gasteiger partial charge on any atom is 0.312 e. The van der Waals surface area contributed by atoms with Crippen molar-refractivity contribution >= 4 is 50.5 Å². The zero-order valence-electron chi connectivity index (χ0n) is 11.0. The monoisotopic (exact) mass is 387 g/mol. The van der Waals surface area contributed by atoms with E-state index >= 15 is 0 Å². The highest BCUT2D eigenvalue weighted by Gasteiger charge is 2.18. The van der Waals surface area contributed by atoms with Gasteiger partial charge in [0, 0.05) is 19.6 Å². The first-order valence-corrected chi connectivity index (χ1v) is 8.69. The fourth-order valence-electron chi connectivity index (χ4n) is 1.77. The Morgan fingerprint density at radius 1 is 1.38 bits per heavy atom. The number of carbonyl (C=O) groups excluding carboxylic acids is 2. The average molecular weight is 388 g/mol. The Kier molecular flexibility index (Phi) is 5.77. The van der Waals surface area contributed by atoms with Crippen molar-refractivity contribution in [2.75, 3.05) is 0 Å². The van der Waals surface area contributed by atoms with Crippen LogP contribution in [0.1, 0.15) is 22.2 Å². The van der Waals surface area contributed by atoms with E-state index in [-0.39, 0.29) is 12.3 Å². The normalized spacial score (nSPS) is 11.9. The Bertz CT molecular complexity index is 613. The molecule has 2 rings (SSSR count). The number of hydrogen-bond acceptors (Lipinski definition) is 4. The number of nitrogens with one attached hydrogen (secondary N) is 2. The maximum absolute atomic E-state index is 12.0. The van der Waals surface area contributed by atoms with E-state index in [1.165, 1.54) is 11.3 Å². The molecule has 0 aromatic carbocycles. The third-order valence-corrected chi connectivity index (χ3v) is 5.36. The van der Waals surface area contributed by atoms with Crippen LogP contribution in [-0.2, 0) is 11.3 Å². The number of thiophene rings is 2. The molecule has 0 aliphatic rings. The Balaban J connectivity index is 1.90. The van der Waals surface area contributed by atoms with Gasteiger partial charge >= 0.3 is 6.03 Å². The van der Waals surface area contributed by atoms with E-state index in [2.05, 4.69) is 26.6 Å². The smallest absolute Gasteiger partial charge is 0.312 e. The molecule has 2 aromatic rings. The fraction of sp³-hybridized carbons (Fsp3) is 0.231. The van der Waals surface area contributed by atoms with E-state index in [9.17, 15) is 9.59 Å². The molecule has 0 spiro atoms. The summed E-state index contributed by atoms with van der Waals surface area (Å²) in [6.45, 7) is 0.475. The van der Waals surface area contributed by atoms with Crippen molar-refractivity contribution < 1.29 is 9.59 Å². The van der Waals surface area contributed by atoms with E-state index < -0.39 is 12.1 Å². The second-order valence-corrected chi connectivity index (χ2v) is 7.18. The van der Waals surface area contributed by atoms with Gasteiger partial charge < -0.3 is 16.4 Å². The van der Waals surface area contributed by atoms with Crippen LogP contribution >= 0.6 is 38.6 Å². The van der Waals surface area contributed by atoms with Crippen LogP contribution in [0.3, 0.4) is 0 Å². The van der Waals surface area contributed by atoms with Crippen LogP contribution in [0.15, 0.2) is 33.4 Å². The van der Waals surface area contributed by atoms with E-state index in [0.29, 0.717) is 6.54 Å². The summed E-state index contributed by atoms with van der Waals surface area (Å²) in [5.41, 5.74) is 5.16. The van der Waals surface area contributed by atoms with Gasteiger partial charge in [0.1, 0.15) is 0 Å². The lowest BCUT2D eigenvalue weighted by atomic mass is 10.1. The van der Waals surface area contributed by atoms with E-state index in [1.54, 1.807) is 11.3 Å². The van der Waals surface area contributed by atoms with Gasteiger partial charge in [-0.2, -0.15) is 0 Å². The molecule has 2 aromatic heterocycles. The predicted molar refractivity (Wildman–Crippen MR) is 88.3 cm³/mol. The van der Waals surface area contributed by atoms with Crippen LogP contribution in [0.2, 0.25) is 0 Å². The lowest BCUT2D eigenvalue weighted by molar-refractivity contribution is -0.121. The highest BCUT2D eigenvalue weighted by molar-refractivity contribution is 9.10. The van der Waals surface area contributed by atoms with Gasteiger partial charge in [-0.1, -0.05) is 6.07 Å². The standard InChI is InChI=1S/C13H14BrN3O2S2/c14-8-4-9(21-7-8)6-16-12(18)5-10(17-13(15)19)11-2-1-3-20-11/h1-4,7,10H,5-6H2,(H,16,18)(H3,15,17,19). The minimum Gasteiger partial charge on any atom is -0.352 e. The number of halogens is 1. The van der Waals surface area contributed by atoms with Crippen LogP contribution in [-0.4, -0.2) is 11.9 Å². The first-order valence-electron chi connectivity index (χ1n) is 6.13. The summed E-state index contributed by atoms with van der Waals surface area (Å²) in [6.07, 6.45) is 0.163. The van der Waals surface area contributed by atoms with Gasteiger partial charge in [-0.05, 0) is 33.4 Å². The molecular formula is C13H14BrN3O2S2. The number of rotatable bonds is 6. The molecule has 1 atom stereocenters. The number of urea groups is 1. The van der Waals surface area contributed by atoms with Crippen LogP contribution in [0, 0.1) is 0 Å². The van der Waals surface area contributed by atoms with Gasteiger partial charge in [0.05, 0.1) is 19.0 Å². The first-order chi connectivity index (χ1) is 10.0. The topological polar surface area (TPSA) is 84.2 Å². The van der Waals surface area contributed by atoms with Gasteiger partial charge in [0.15, 0.2) is 0 Å². The fourth-order valence-corrected chi connectivity index (χ4v) is 3.94. The number of amides is 3. The van der Waals surface area contributed by atoms with Crippen molar-refractivity contribution in [3.05, 3.63) is 43.2 Å². The molecule has 8 heteroatoms. The van der Waals surface area contributed by atoms with E-state index in [4.69, 9.17) is 5.73 Å². The molecule has 0 bridgehead atoms. The Morgan fingerprint density at radius 2 is 2.19 bits per heavy atom. The second kappa shape index (κ2) is 7.58. The van der Waals surface area contributed by atoms with Gasteiger partial charge in [-0.15, -0.1) is 22.7 Å². The quantitative estimate of drug-likeness (QED) is 0.711. The highest BCUT2D eigenvalue weighted by atomic mass is 79.9. The maximum atomic E-state index is 12.0. The van der Waals surface area contributed by atoms with Crippen LogP contribution in [0.5, 0.6) is 0 Å². The van der Waals surface area contributed by atoms with Crippen LogP contribution in [0.25, 0.3) is 0 Å². The molecule has 21 heavy (non-hydrogen) atoms. The Labute approximate surface area is 138 Å². The first kappa shape index (κ1) is 16.0. The van der Waals surface area contributed by atoms with Crippen molar-refractivity contribution in [3.8, 4) is 0 Å². The average Bonchev–Trinajstić information content (AvgIpc) is 3.06. The van der Waals surface area contributed by atoms with Crippen molar-refractivity contribution in [1.82, 2.24) is 10.6 Å². The molecule has 0 fully saturated rings. The number of nitrogens with two attached hydrogens (primary N) is 1. The summed E-state index contributed by atoms with van der Waals surface area (Å²) in [5, 5.41) is 9.30. The molecule has 4 N–H and O–H groups in total. The number of primary amides is 1. The van der Waals surface area contributed by atoms with Crippen LogP contribution in [0.4, 0.5) is 4.79 Å². The highest BCUT2D eigenvalue weighted by Crippen LogP contribution is 2.22. The van der Waals surface area contributed by atoms with Crippen LogP contribution < -0.4 is 16.4 Å². The van der Waals surface area contributed by atoms with Crippen molar-refractivity contribution in [1.29, 1.82) is 0 Å². The second-order valence-electron chi connectivity index (χ2n) is 4.29. The lowest BCUT2D eigenvalue weighted by Gasteiger charge is -2.15. The van der Waals surface area contributed by atoms with Gasteiger partial charge in [-0.3, -0.25) is 4.79 Å². The van der Waals surface area contributed by atoms with Crippen molar-refractivity contribution in [2.24, 2.45) is 5.73 Å². The third kappa shape index (κ3) is 5.14. The summed E-state index contributed by atoms with van der Waals surface area (Å²) in [5.74, 6) is -0.133. The third-order valence-electron chi connectivity index (χ3n) is 2.67. The molecule has 0 radical (unpaired) electrons.